The first-order valence-electron chi connectivity index (χ1n) is 15.8. The SMILES string of the molecule is CC[C@H](C)[C@H](NC(=O)[C@@H](NC[C@H](CSc1ccc2ccccc2c1)NC(=O)OC(C)(C)C)C(C)C)C(=O)N[C@@H](CCSC)C(=O)O. The molecule has 5 atom stereocenters. The quantitative estimate of drug-likeness (QED) is 0.133. The Labute approximate surface area is 282 Å². The second-order valence-corrected chi connectivity index (χ2v) is 14.9. The molecule has 256 valence electrons. The zero-order valence-electron chi connectivity index (χ0n) is 28.3. The van der Waals surface area contributed by atoms with Crippen molar-refractivity contribution >= 4 is 58.2 Å². The highest BCUT2D eigenvalue weighted by Gasteiger charge is 2.33. The normalized spacial score (nSPS) is 15.0. The molecule has 0 radical (unpaired) electrons. The number of benzene rings is 2. The van der Waals surface area contributed by atoms with Crippen LogP contribution in [-0.2, 0) is 19.1 Å². The number of fused-ring (bicyclic) bond motifs is 1. The van der Waals surface area contributed by atoms with E-state index >= 15 is 0 Å². The number of ether oxygens (including phenoxy) is 1. The van der Waals surface area contributed by atoms with Crippen molar-refractivity contribution in [2.45, 2.75) is 96.0 Å². The van der Waals surface area contributed by atoms with E-state index in [0.29, 0.717) is 17.9 Å². The molecule has 0 bridgehead atoms. The molecule has 10 nitrogen and oxygen atoms in total. The Morgan fingerprint density at radius 1 is 0.913 bits per heavy atom. The minimum Gasteiger partial charge on any atom is -0.480 e. The maximum Gasteiger partial charge on any atom is 0.407 e. The van der Waals surface area contributed by atoms with Gasteiger partial charge >= 0.3 is 12.1 Å². The van der Waals surface area contributed by atoms with Crippen molar-refractivity contribution < 1.29 is 29.0 Å². The summed E-state index contributed by atoms with van der Waals surface area (Å²) in [5.41, 5.74) is -0.672. The number of amides is 3. The third kappa shape index (κ3) is 13.4. The van der Waals surface area contributed by atoms with Gasteiger partial charge in [-0.05, 0) is 73.9 Å². The Balaban J connectivity index is 2.18. The summed E-state index contributed by atoms with van der Waals surface area (Å²) in [6, 6.07) is 11.3. The third-order valence-corrected chi connectivity index (χ3v) is 9.24. The number of carbonyl (C=O) groups is 4. The lowest BCUT2D eigenvalue weighted by molar-refractivity contribution is -0.142. The lowest BCUT2D eigenvalue weighted by atomic mass is 9.96. The molecule has 0 saturated carbocycles. The molecule has 0 unspecified atom stereocenters. The van der Waals surface area contributed by atoms with Crippen molar-refractivity contribution in [3.63, 3.8) is 0 Å². The fraction of sp³-hybridized carbons (Fsp3) is 0.588. The number of rotatable bonds is 18. The standard InChI is InChI=1S/C34H52N4O6S2/c1-9-22(4)29(31(40)37-27(32(41)42)16-17-45-8)38-30(39)28(21(2)3)35-19-25(36-33(43)44-34(5,6)7)20-46-26-15-14-23-12-10-11-13-24(23)18-26/h10-15,18,21-22,25,27-29,35H,9,16-17,19-20H2,1-8H3,(H,36,43)(H,37,40)(H,38,39)(H,41,42)/t22-,25+,27-,28-,29-/m0/s1. The molecular weight excluding hydrogens is 625 g/mol. The number of carboxylic acid groups (broad SMARTS) is 1. The number of hydrogen-bond acceptors (Lipinski definition) is 8. The van der Waals surface area contributed by atoms with Crippen LogP contribution in [0.25, 0.3) is 10.8 Å². The first-order chi connectivity index (χ1) is 21.6. The molecule has 5 N–H and O–H groups in total. The van der Waals surface area contributed by atoms with Gasteiger partial charge in [-0.2, -0.15) is 11.8 Å². The number of nitrogens with one attached hydrogen (secondary N) is 4. The molecular formula is C34H52N4O6S2. The predicted molar refractivity (Wildman–Crippen MR) is 188 cm³/mol. The monoisotopic (exact) mass is 676 g/mol. The van der Waals surface area contributed by atoms with Gasteiger partial charge in [-0.3, -0.25) is 9.59 Å². The van der Waals surface area contributed by atoms with Crippen LogP contribution in [0.2, 0.25) is 0 Å². The molecule has 3 amide bonds. The maximum absolute atomic E-state index is 13.6. The van der Waals surface area contributed by atoms with Gasteiger partial charge in [0.1, 0.15) is 17.7 Å². The summed E-state index contributed by atoms with van der Waals surface area (Å²) in [5, 5.41) is 23.7. The lowest BCUT2D eigenvalue weighted by Crippen LogP contribution is -2.59. The van der Waals surface area contributed by atoms with Gasteiger partial charge in [0.05, 0.1) is 12.1 Å². The molecule has 46 heavy (non-hydrogen) atoms. The number of carbonyl (C=O) groups excluding carboxylic acids is 3. The fourth-order valence-electron chi connectivity index (χ4n) is 4.68. The van der Waals surface area contributed by atoms with E-state index in [2.05, 4.69) is 45.5 Å². The van der Waals surface area contributed by atoms with E-state index in [0.717, 1.165) is 15.7 Å². The van der Waals surface area contributed by atoms with Gasteiger partial charge in [-0.25, -0.2) is 9.59 Å². The minimum absolute atomic E-state index is 0.149. The molecule has 0 heterocycles. The van der Waals surface area contributed by atoms with Crippen LogP contribution < -0.4 is 21.3 Å². The number of alkyl carbamates (subject to hydrolysis) is 1. The fourth-order valence-corrected chi connectivity index (χ4v) is 6.12. The number of thioether (sulfide) groups is 2. The van der Waals surface area contributed by atoms with Gasteiger partial charge in [-0.15, -0.1) is 11.8 Å². The summed E-state index contributed by atoms with van der Waals surface area (Å²) < 4.78 is 5.52. The highest BCUT2D eigenvalue weighted by Crippen LogP contribution is 2.24. The van der Waals surface area contributed by atoms with Crippen molar-refractivity contribution in [3.05, 3.63) is 42.5 Å². The van der Waals surface area contributed by atoms with Crippen molar-refractivity contribution in [1.29, 1.82) is 0 Å². The van der Waals surface area contributed by atoms with Gasteiger partial charge < -0.3 is 31.1 Å². The number of aliphatic carboxylic acids is 1. The van der Waals surface area contributed by atoms with E-state index in [1.165, 1.54) is 11.8 Å². The molecule has 0 aromatic heterocycles. The Morgan fingerprint density at radius 3 is 2.15 bits per heavy atom. The Bertz CT molecular complexity index is 1300. The van der Waals surface area contributed by atoms with E-state index in [9.17, 15) is 24.3 Å². The Kier molecular flexibility index (Phi) is 16.2. The predicted octanol–water partition coefficient (Wildman–Crippen LogP) is 5.29. The second-order valence-electron chi connectivity index (χ2n) is 12.8. The largest absolute Gasteiger partial charge is 0.480 e. The molecule has 0 aliphatic heterocycles. The topological polar surface area (TPSA) is 146 Å². The van der Waals surface area contributed by atoms with Gasteiger partial charge in [0.2, 0.25) is 11.8 Å². The van der Waals surface area contributed by atoms with Crippen LogP contribution in [0.5, 0.6) is 0 Å². The van der Waals surface area contributed by atoms with E-state index in [-0.39, 0.29) is 36.8 Å². The molecule has 0 saturated heterocycles. The molecule has 0 fully saturated rings. The third-order valence-electron chi connectivity index (χ3n) is 7.44. The summed E-state index contributed by atoms with van der Waals surface area (Å²) in [7, 11) is 0. The van der Waals surface area contributed by atoms with E-state index in [4.69, 9.17) is 4.74 Å². The molecule has 12 heteroatoms. The van der Waals surface area contributed by atoms with Crippen LogP contribution in [0.4, 0.5) is 4.79 Å². The van der Waals surface area contributed by atoms with E-state index in [1.54, 1.807) is 32.5 Å². The van der Waals surface area contributed by atoms with Crippen LogP contribution in [0.1, 0.15) is 61.3 Å². The Hall–Kier alpha value is -2.96. The summed E-state index contributed by atoms with van der Waals surface area (Å²) >= 11 is 3.09. The average molecular weight is 677 g/mol. The molecule has 0 aliphatic carbocycles. The summed E-state index contributed by atoms with van der Waals surface area (Å²) in [6.07, 6.45) is 2.21. The first-order valence-corrected chi connectivity index (χ1v) is 18.2. The molecule has 2 rings (SSSR count). The lowest BCUT2D eigenvalue weighted by Gasteiger charge is -2.30. The van der Waals surface area contributed by atoms with Gasteiger partial charge in [0, 0.05) is 17.2 Å². The average Bonchev–Trinajstić information content (AvgIpc) is 2.98. The van der Waals surface area contributed by atoms with Crippen molar-refractivity contribution in [2.75, 3.05) is 24.3 Å². The smallest absolute Gasteiger partial charge is 0.407 e. The van der Waals surface area contributed by atoms with Crippen molar-refractivity contribution in [1.82, 2.24) is 21.3 Å². The van der Waals surface area contributed by atoms with Crippen LogP contribution in [-0.4, -0.2) is 83.1 Å². The van der Waals surface area contributed by atoms with E-state index < -0.39 is 41.7 Å². The zero-order valence-corrected chi connectivity index (χ0v) is 30.0. The summed E-state index contributed by atoms with van der Waals surface area (Å²) in [4.78, 5) is 52.5. The number of hydrogen-bond donors (Lipinski definition) is 5. The highest BCUT2D eigenvalue weighted by molar-refractivity contribution is 7.99. The zero-order chi connectivity index (χ0) is 34.4. The van der Waals surface area contributed by atoms with Gasteiger partial charge in [-0.1, -0.05) is 64.4 Å². The maximum atomic E-state index is 13.6. The van der Waals surface area contributed by atoms with Crippen molar-refractivity contribution in [2.24, 2.45) is 11.8 Å². The number of carboxylic acids is 1. The van der Waals surface area contributed by atoms with Crippen LogP contribution in [0.15, 0.2) is 47.4 Å². The van der Waals surface area contributed by atoms with Gasteiger partial charge in [0.25, 0.3) is 0 Å². The molecule has 0 aliphatic rings. The minimum atomic E-state index is -1.11. The highest BCUT2D eigenvalue weighted by atomic mass is 32.2. The van der Waals surface area contributed by atoms with Crippen molar-refractivity contribution in [3.8, 4) is 0 Å². The van der Waals surface area contributed by atoms with Crippen LogP contribution in [0, 0.1) is 11.8 Å². The second kappa shape index (κ2) is 19.0. The summed E-state index contributed by atoms with van der Waals surface area (Å²) in [5.74, 6) is -1.28. The molecule has 0 spiro atoms. The Morgan fingerprint density at radius 2 is 1.57 bits per heavy atom. The van der Waals surface area contributed by atoms with E-state index in [1.807, 2.05) is 52.1 Å². The van der Waals surface area contributed by atoms with Crippen LogP contribution in [0.3, 0.4) is 0 Å². The van der Waals surface area contributed by atoms with Gasteiger partial charge in [0.15, 0.2) is 0 Å². The molecule has 2 aromatic rings. The molecule has 2 aromatic carbocycles. The first kappa shape index (κ1) is 39.2. The van der Waals surface area contributed by atoms with Crippen LogP contribution >= 0.6 is 23.5 Å². The summed E-state index contributed by atoms with van der Waals surface area (Å²) in [6.45, 7) is 13.2.